The molecule has 1 fully saturated rings. The molecular formula is C23H31ClN2. The number of halogens is 1. The van der Waals surface area contributed by atoms with Crippen LogP contribution in [0.4, 0.5) is 5.69 Å². The first kappa shape index (κ1) is 19.3. The fraction of sp³-hybridized carbons (Fsp3) is 0.478. The van der Waals surface area contributed by atoms with Gasteiger partial charge in [-0.15, -0.1) is 0 Å². The number of nitrogens with one attached hydrogen (secondary N) is 1. The molecule has 3 rings (SSSR count). The summed E-state index contributed by atoms with van der Waals surface area (Å²) in [5.41, 5.74) is 4.00. The summed E-state index contributed by atoms with van der Waals surface area (Å²) in [4.78, 5) is 2.67. The molecule has 2 nitrogen and oxygen atoms in total. The van der Waals surface area contributed by atoms with E-state index in [0.717, 1.165) is 23.9 Å². The van der Waals surface area contributed by atoms with Gasteiger partial charge in [-0.2, -0.15) is 0 Å². The van der Waals surface area contributed by atoms with Crippen LogP contribution in [0.25, 0.3) is 0 Å². The fourth-order valence-electron chi connectivity index (χ4n) is 3.94. The zero-order chi connectivity index (χ0) is 18.2. The van der Waals surface area contributed by atoms with E-state index in [1.54, 1.807) is 0 Å². The number of aryl methyl sites for hydroxylation is 1. The van der Waals surface area contributed by atoms with Crippen LogP contribution in [0, 0.1) is 5.92 Å². The molecule has 1 heterocycles. The summed E-state index contributed by atoms with van der Waals surface area (Å²) in [5, 5.41) is 4.04. The third kappa shape index (κ3) is 6.03. The molecule has 1 atom stereocenters. The first-order valence-corrected chi connectivity index (χ1v) is 10.3. The van der Waals surface area contributed by atoms with E-state index in [2.05, 4.69) is 52.7 Å². The molecule has 0 radical (unpaired) electrons. The van der Waals surface area contributed by atoms with Crippen LogP contribution in [0.3, 0.4) is 0 Å². The first-order valence-electron chi connectivity index (χ1n) is 9.96. The van der Waals surface area contributed by atoms with Crippen LogP contribution < -0.4 is 5.32 Å². The van der Waals surface area contributed by atoms with Crippen LogP contribution in [-0.2, 0) is 12.8 Å². The van der Waals surface area contributed by atoms with Gasteiger partial charge in [-0.1, -0.05) is 42.3 Å². The predicted molar refractivity (Wildman–Crippen MR) is 113 cm³/mol. The Morgan fingerprint density at radius 2 is 1.88 bits per heavy atom. The monoisotopic (exact) mass is 370 g/mol. The van der Waals surface area contributed by atoms with Gasteiger partial charge in [0.15, 0.2) is 0 Å². The molecule has 1 saturated heterocycles. The van der Waals surface area contributed by atoms with Crippen molar-refractivity contribution < 1.29 is 0 Å². The van der Waals surface area contributed by atoms with Crippen molar-refractivity contribution in [1.82, 2.24) is 4.90 Å². The standard InChI is InChI=1S/C23H31ClN2/c1-25-23-12-10-19(11-13-23)8-9-21-5-2-3-15-26(18-21)16-14-20-6-4-7-22(24)17-20/h4,6-7,10-13,17,21,25H,2-3,5,8-9,14-16,18H2,1H3. The molecule has 0 saturated carbocycles. The number of nitrogens with zero attached hydrogens (tertiary/aromatic N) is 1. The maximum absolute atomic E-state index is 6.12. The summed E-state index contributed by atoms with van der Waals surface area (Å²) in [7, 11) is 1.97. The second-order valence-electron chi connectivity index (χ2n) is 7.53. The molecule has 2 aromatic rings. The maximum atomic E-state index is 6.12. The topological polar surface area (TPSA) is 15.3 Å². The number of rotatable bonds is 7. The molecule has 0 spiro atoms. The molecule has 1 aliphatic heterocycles. The van der Waals surface area contributed by atoms with E-state index in [1.807, 2.05) is 13.1 Å². The van der Waals surface area contributed by atoms with Crippen molar-refractivity contribution in [2.45, 2.75) is 38.5 Å². The van der Waals surface area contributed by atoms with E-state index < -0.39 is 0 Å². The van der Waals surface area contributed by atoms with Gasteiger partial charge < -0.3 is 10.2 Å². The van der Waals surface area contributed by atoms with Gasteiger partial charge in [0.25, 0.3) is 0 Å². The molecule has 1 aliphatic rings. The Morgan fingerprint density at radius 3 is 2.65 bits per heavy atom. The minimum absolute atomic E-state index is 0.820. The van der Waals surface area contributed by atoms with Gasteiger partial charge in [-0.25, -0.2) is 0 Å². The molecule has 140 valence electrons. The summed E-state index contributed by atoms with van der Waals surface area (Å²) >= 11 is 6.12. The van der Waals surface area contributed by atoms with Crippen molar-refractivity contribution in [2.75, 3.05) is 32.0 Å². The van der Waals surface area contributed by atoms with Crippen molar-refractivity contribution >= 4 is 17.3 Å². The second-order valence-corrected chi connectivity index (χ2v) is 7.96. The number of benzene rings is 2. The lowest BCUT2D eigenvalue weighted by Gasteiger charge is -2.24. The van der Waals surface area contributed by atoms with Crippen LogP contribution in [0.15, 0.2) is 48.5 Å². The smallest absolute Gasteiger partial charge is 0.0408 e. The Balaban J connectivity index is 1.48. The Kier molecular flexibility index (Phi) is 7.40. The number of hydrogen-bond donors (Lipinski definition) is 1. The van der Waals surface area contributed by atoms with E-state index in [4.69, 9.17) is 11.6 Å². The second kappa shape index (κ2) is 9.99. The highest BCUT2D eigenvalue weighted by Crippen LogP contribution is 2.22. The summed E-state index contributed by atoms with van der Waals surface area (Å²) in [6.45, 7) is 3.64. The summed E-state index contributed by atoms with van der Waals surface area (Å²) in [6, 6.07) is 17.2. The lowest BCUT2D eigenvalue weighted by atomic mass is 9.95. The van der Waals surface area contributed by atoms with Crippen LogP contribution in [-0.4, -0.2) is 31.6 Å². The van der Waals surface area contributed by atoms with E-state index in [1.165, 1.54) is 62.0 Å². The zero-order valence-electron chi connectivity index (χ0n) is 15.9. The number of hydrogen-bond acceptors (Lipinski definition) is 2. The Labute approximate surface area is 163 Å². The third-order valence-electron chi connectivity index (χ3n) is 5.54. The quantitative estimate of drug-likeness (QED) is 0.676. The Bertz CT molecular complexity index is 668. The molecule has 1 N–H and O–H groups in total. The SMILES string of the molecule is CNc1ccc(CCC2CCCCN(CCc3cccc(Cl)c3)C2)cc1. The molecule has 0 aliphatic carbocycles. The highest BCUT2D eigenvalue weighted by atomic mass is 35.5. The average Bonchev–Trinajstić information content (AvgIpc) is 2.90. The minimum atomic E-state index is 0.820. The van der Waals surface area contributed by atoms with Gasteiger partial charge in [0, 0.05) is 30.8 Å². The van der Waals surface area contributed by atoms with E-state index in [9.17, 15) is 0 Å². The number of anilines is 1. The zero-order valence-corrected chi connectivity index (χ0v) is 16.6. The van der Waals surface area contributed by atoms with Crippen LogP contribution in [0.2, 0.25) is 5.02 Å². The highest BCUT2D eigenvalue weighted by Gasteiger charge is 2.18. The molecule has 0 aromatic heterocycles. The van der Waals surface area contributed by atoms with E-state index >= 15 is 0 Å². The summed E-state index contributed by atoms with van der Waals surface area (Å²) in [6.07, 6.45) is 7.67. The average molecular weight is 371 g/mol. The van der Waals surface area contributed by atoms with Gasteiger partial charge >= 0.3 is 0 Å². The predicted octanol–water partition coefficient (Wildman–Crippen LogP) is 5.66. The molecule has 3 heteroatoms. The number of likely N-dealkylation sites (tertiary alicyclic amines) is 1. The summed E-state index contributed by atoms with van der Waals surface area (Å²) in [5.74, 6) is 0.820. The van der Waals surface area contributed by atoms with Crippen molar-refractivity contribution in [3.05, 3.63) is 64.7 Å². The Hall–Kier alpha value is -1.51. The molecule has 1 unspecified atom stereocenters. The van der Waals surface area contributed by atoms with Crippen LogP contribution in [0.1, 0.15) is 36.8 Å². The van der Waals surface area contributed by atoms with E-state index in [-0.39, 0.29) is 0 Å². The summed E-state index contributed by atoms with van der Waals surface area (Å²) < 4.78 is 0. The highest BCUT2D eigenvalue weighted by molar-refractivity contribution is 6.30. The first-order chi connectivity index (χ1) is 12.7. The largest absolute Gasteiger partial charge is 0.388 e. The van der Waals surface area contributed by atoms with Crippen LogP contribution in [0.5, 0.6) is 0 Å². The van der Waals surface area contributed by atoms with Gasteiger partial charge in [0.05, 0.1) is 0 Å². The van der Waals surface area contributed by atoms with Crippen molar-refractivity contribution in [2.24, 2.45) is 5.92 Å². The Morgan fingerprint density at radius 1 is 1.04 bits per heavy atom. The van der Waals surface area contributed by atoms with Crippen molar-refractivity contribution in [3.8, 4) is 0 Å². The molecule has 0 amide bonds. The van der Waals surface area contributed by atoms with Gasteiger partial charge in [-0.3, -0.25) is 0 Å². The third-order valence-corrected chi connectivity index (χ3v) is 5.78. The van der Waals surface area contributed by atoms with Gasteiger partial charge in [0.1, 0.15) is 0 Å². The maximum Gasteiger partial charge on any atom is 0.0408 e. The molecule has 2 aromatic carbocycles. The molecule has 0 bridgehead atoms. The van der Waals surface area contributed by atoms with Crippen molar-refractivity contribution in [3.63, 3.8) is 0 Å². The van der Waals surface area contributed by atoms with Gasteiger partial charge in [0.2, 0.25) is 0 Å². The van der Waals surface area contributed by atoms with E-state index in [0.29, 0.717) is 0 Å². The lowest BCUT2D eigenvalue weighted by molar-refractivity contribution is 0.245. The molecule has 26 heavy (non-hydrogen) atoms. The van der Waals surface area contributed by atoms with Crippen molar-refractivity contribution in [1.29, 1.82) is 0 Å². The molecular weight excluding hydrogens is 340 g/mol. The fourth-order valence-corrected chi connectivity index (χ4v) is 4.16. The normalized spacial score (nSPS) is 18.5. The minimum Gasteiger partial charge on any atom is -0.388 e. The lowest BCUT2D eigenvalue weighted by Crippen LogP contribution is -2.30. The van der Waals surface area contributed by atoms with Gasteiger partial charge in [-0.05, 0) is 80.0 Å². The van der Waals surface area contributed by atoms with Crippen LogP contribution >= 0.6 is 11.6 Å².